The van der Waals surface area contributed by atoms with Crippen LogP contribution in [0.3, 0.4) is 0 Å². The van der Waals surface area contributed by atoms with Crippen LogP contribution in [0.1, 0.15) is 51.4 Å². The van der Waals surface area contributed by atoms with Crippen molar-refractivity contribution in [2.75, 3.05) is 0 Å². The van der Waals surface area contributed by atoms with Gasteiger partial charge in [0.15, 0.2) is 0 Å². The largest absolute Gasteiger partial charge is 0.392 e. The fraction of sp³-hybridized carbons (Fsp3) is 1.00. The molecule has 2 nitrogen and oxygen atoms in total. The number of aliphatic hydroxyl groups excluding tert-OH is 1. The van der Waals surface area contributed by atoms with Crippen molar-refractivity contribution in [1.29, 1.82) is 0 Å². The molecule has 2 bridgehead atoms. The molecule has 3 aliphatic carbocycles. The molecule has 0 aliphatic heterocycles. The second-order valence-corrected chi connectivity index (χ2v) is 5.96. The molecule has 0 aromatic heterocycles. The fourth-order valence-corrected chi connectivity index (χ4v) is 4.50. The van der Waals surface area contributed by atoms with Gasteiger partial charge in [-0.3, -0.25) is 0 Å². The average molecular weight is 210 g/mol. The fourth-order valence-electron chi connectivity index (χ4n) is 4.50. The molecular formula is C13H22O2. The lowest BCUT2D eigenvalue weighted by Crippen LogP contribution is -2.59. The second kappa shape index (κ2) is 3.46. The maximum Gasteiger partial charge on any atom is 0.0728 e. The van der Waals surface area contributed by atoms with Crippen molar-refractivity contribution < 1.29 is 10.2 Å². The predicted octanol–water partition coefficient (Wildman–Crippen LogP) is 2.09. The van der Waals surface area contributed by atoms with E-state index in [0.29, 0.717) is 11.8 Å². The van der Waals surface area contributed by atoms with Gasteiger partial charge in [-0.1, -0.05) is 19.3 Å². The highest BCUT2D eigenvalue weighted by Crippen LogP contribution is 2.53. The third-order valence-electron chi connectivity index (χ3n) is 5.30. The van der Waals surface area contributed by atoms with Gasteiger partial charge in [-0.2, -0.15) is 0 Å². The van der Waals surface area contributed by atoms with Crippen LogP contribution in [-0.4, -0.2) is 21.9 Å². The van der Waals surface area contributed by atoms with Gasteiger partial charge in [-0.05, 0) is 43.9 Å². The highest BCUT2D eigenvalue weighted by Gasteiger charge is 2.54. The first-order valence-corrected chi connectivity index (χ1v) is 6.62. The van der Waals surface area contributed by atoms with Crippen molar-refractivity contribution in [2.45, 2.75) is 63.1 Å². The summed E-state index contributed by atoms with van der Waals surface area (Å²) in [6.07, 6.45) is 8.87. The van der Waals surface area contributed by atoms with Crippen LogP contribution >= 0.6 is 0 Å². The normalized spacial score (nSPS) is 54.8. The monoisotopic (exact) mass is 210 g/mol. The van der Waals surface area contributed by atoms with E-state index < -0.39 is 5.60 Å². The molecule has 2 heteroatoms. The third-order valence-corrected chi connectivity index (χ3v) is 5.30. The maximum atomic E-state index is 10.8. The van der Waals surface area contributed by atoms with Crippen LogP contribution in [0.4, 0.5) is 0 Å². The van der Waals surface area contributed by atoms with Gasteiger partial charge < -0.3 is 10.2 Å². The van der Waals surface area contributed by atoms with Gasteiger partial charge in [0.1, 0.15) is 0 Å². The van der Waals surface area contributed by atoms with Crippen LogP contribution in [0.15, 0.2) is 0 Å². The zero-order chi connectivity index (χ0) is 10.5. The van der Waals surface area contributed by atoms with Crippen molar-refractivity contribution in [2.24, 2.45) is 17.8 Å². The molecule has 3 fully saturated rings. The SMILES string of the molecule is O[C@H]1[C@@H]2CCC[C@H]1[C@]1(O)CCCC[C@H]1C2. The van der Waals surface area contributed by atoms with Gasteiger partial charge in [-0.15, -0.1) is 0 Å². The predicted molar refractivity (Wildman–Crippen MR) is 58.4 cm³/mol. The first-order chi connectivity index (χ1) is 7.22. The first kappa shape index (κ1) is 10.1. The molecule has 15 heavy (non-hydrogen) atoms. The number of hydrogen-bond acceptors (Lipinski definition) is 2. The summed E-state index contributed by atoms with van der Waals surface area (Å²) in [4.78, 5) is 0. The van der Waals surface area contributed by atoms with Gasteiger partial charge >= 0.3 is 0 Å². The van der Waals surface area contributed by atoms with Crippen LogP contribution in [0, 0.1) is 17.8 Å². The van der Waals surface area contributed by atoms with Gasteiger partial charge in [0.05, 0.1) is 11.7 Å². The third kappa shape index (κ3) is 1.38. The van der Waals surface area contributed by atoms with E-state index in [4.69, 9.17) is 0 Å². The molecule has 3 saturated carbocycles. The molecule has 0 unspecified atom stereocenters. The van der Waals surface area contributed by atoms with Crippen molar-refractivity contribution >= 4 is 0 Å². The Morgan fingerprint density at radius 1 is 1.00 bits per heavy atom. The van der Waals surface area contributed by atoms with Gasteiger partial charge in [0.25, 0.3) is 0 Å². The zero-order valence-corrected chi connectivity index (χ0v) is 9.36. The maximum absolute atomic E-state index is 10.8. The Morgan fingerprint density at radius 2 is 1.87 bits per heavy atom. The number of rotatable bonds is 0. The Labute approximate surface area is 91.7 Å². The van der Waals surface area contributed by atoms with E-state index in [1.807, 2.05) is 0 Å². The molecule has 86 valence electrons. The van der Waals surface area contributed by atoms with Crippen LogP contribution in [0.5, 0.6) is 0 Å². The van der Waals surface area contributed by atoms with E-state index in [1.165, 1.54) is 25.7 Å². The summed E-state index contributed by atoms with van der Waals surface area (Å²) >= 11 is 0. The molecule has 5 atom stereocenters. The smallest absolute Gasteiger partial charge is 0.0728 e. The Balaban J connectivity index is 1.90. The van der Waals surface area contributed by atoms with E-state index in [0.717, 1.165) is 25.7 Å². The van der Waals surface area contributed by atoms with Crippen LogP contribution < -0.4 is 0 Å². The summed E-state index contributed by atoms with van der Waals surface area (Å²) in [7, 11) is 0. The minimum atomic E-state index is -0.505. The Morgan fingerprint density at radius 3 is 2.73 bits per heavy atom. The highest BCUT2D eigenvalue weighted by molar-refractivity contribution is 5.05. The highest BCUT2D eigenvalue weighted by atomic mass is 16.3. The molecule has 0 aromatic rings. The molecule has 0 radical (unpaired) electrons. The van der Waals surface area contributed by atoms with Crippen molar-refractivity contribution in [3.63, 3.8) is 0 Å². The van der Waals surface area contributed by atoms with Crippen LogP contribution in [0.2, 0.25) is 0 Å². The molecule has 2 N–H and O–H groups in total. The Kier molecular flexibility index (Phi) is 2.33. The molecular weight excluding hydrogens is 188 g/mol. The van der Waals surface area contributed by atoms with E-state index >= 15 is 0 Å². The lowest BCUT2D eigenvalue weighted by molar-refractivity contribution is -0.191. The Hall–Kier alpha value is -0.0800. The van der Waals surface area contributed by atoms with Crippen molar-refractivity contribution in [3.8, 4) is 0 Å². The lowest BCUT2D eigenvalue weighted by atomic mass is 9.54. The summed E-state index contributed by atoms with van der Waals surface area (Å²) in [5.41, 5.74) is -0.505. The molecule has 3 rings (SSSR count). The molecule has 0 aromatic carbocycles. The van der Waals surface area contributed by atoms with E-state index in [9.17, 15) is 10.2 Å². The van der Waals surface area contributed by atoms with Crippen LogP contribution in [-0.2, 0) is 0 Å². The number of fused-ring (bicyclic) bond motifs is 4. The van der Waals surface area contributed by atoms with E-state index in [2.05, 4.69) is 0 Å². The van der Waals surface area contributed by atoms with Crippen LogP contribution in [0.25, 0.3) is 0 Å². The molecule has 0 saturated heterocycles. The molecule has 0 heterocycles. The topological polar surface area (TPSA) is 40.5 Å². The summed E-state index contributed by atoms with van der Waals surface area (Å²) in [5.74, 6) is 1.17. The summed E-state index contributed by atoms with van der Waals surface area (Å²) < 4.78 is 0. The van der Waals surface area contributed by atoms with Crippen molar-refractivity contribution in [3.05, 3.63) is 0 Å². The standard InChI is InChI=1S/C13H22O2/c14-12-9-4-3-6-11(12)13(15)7-2-1-5-10(13)8-9/h9-12,14-15H,1-8H2/t9-,10+,11-,12+,13+/m1/s1. The average Bonchev–Trinajstić information content (AvgIpc) is 2.21. The second-order valence-electron chi connectivity index (χ2n) is 5.96. The van der Waals surface area contributed by atoms with Crippen molar-refractivity contribution in [1.82, 2.24) is 0 Å². The molecule has 3 aliphatic rings. The van der Waals surface area contributed by atoms with Gasteiger partial charge in [0, 0.05) is 5.92 Å². The lowest BCUT2D eigenvalue weighted by Gasteiger charge is -2.55. The molecule has 0 amide bonds. The number of hydrogen-bond donors (Lipinski definition) is 2. The quantitative estimate of drug-likeness (QED) is 0.642. The zero-order valence-electron chi connectivity index (χ0n) is 9.36. The number of aliphatic hydroxyl groups is 2. The van der Waals surface area contributed by atoms with Gasteiger partial charge in [-0.25, -0.2) is 0 Å². The summed E-state index contributed by atoms with van der Waals surface area (Å²) in [6, 6.07) is 0. The minimum absolute atomic E-state index is 0.190. The first-order valence-electron chi connectivity index (χ1n) is 6.62. The van der Waals surface area contributed by atoms with Gasteiger partial charge in [0.2, 0.25) is 0 Å². The Bertz CT molecular complexity index is 253. The van der Waals surface area contributed by atoms with E-state index in [1.54, 1.807) is 0 Å². The minimum Gasteiger partial charge on any atom is -0.392 e. The van der Waals surface area contributed by atoms with E-state index in [-0.39, 0.29) is 12.0 Å². The molecule has 0 spiro atoms. The summed E-state index contributed by atoms with van der Waals surface area (Å²) in [5, 5.41) is 21.0. The summed E-state index contributed by atoms with van der Waals surface area (Å²) in [6.45, 7) is 0.